The summed E-state index contributed by atoms with van der Waals surface area (Å²) in [7, 11) is 0. The van der Waals surface area contributed by atoms with E-state index in [1.807, 2.05) is 0 Å². The molecule has 0 bridgehead atoms. The molecule has 0 atom stereocenters. The molecular formula is C15H16N4O4S. The van der Waals surface area contributed by atoms with Crippen molar-refractivity contribution in [3.63, 3.8) is 0 Å². The lowest BCUT2D eigenvalue weighted by Crippen LogP contribution is -2.27. The molecule has 1 aromatic heterocycles. The molecule has 24 heavy (non-hydrogen) atoms. The standard InChI is InChI=1S/C15H16N4O4S/c1-3-17-13(20)10(14(21)18(4-2)15(17)24)9-16-11-7-5-6-8-12(11)19(22)23/h5-9,20H,3-4H2,1-2H3. The number of nitro benzene ring substituents is 1. The molecule has 2 rings (SSSR count). The number of nitrogens with zero attached hydrogens (tertiary/aromatic N) is 4. The second-order valence-corrected chi connectivity index (χ2v) is 5.18. The maximum atomic E-state index is 12.4. The van der Waals surface area contributed by atoms with Crippen LogP contribution in [0.4, 0.5) is 11.4 Å². The van der Waals surface area contributed by atoms with Crippen LogP contribution in [0.1, 0.15) is 19.4 Å². The van der Waals surface area contributed by atoms with Gasteiger partial charge in [0.05, 0.1) is 4.92 Å². The molecule has 0 saturated carbocycles. The normalized spacial score (nSPS) is 11.1. The minimum atomic E-state index is -0.560. The van der Waals surface area contributed by atoms with Crippen LogP contribution >= 0.6 is 12.2 Å². The van der Waals surface area contributed by atoms with E-state index >= 15 is 0 Å². The first kappa shape index (κ1) is 17.5. The van der Waals surface area contributed by atoms with E-state index in [1.165, 1.54) is 27.3 Å². The van der Waals surface area contributed by atoms with Crippen molar-refractivity contribution in [1.82, 2.24) is 9.13 Å². The highest BCUT2D eigenvalue weighted by atomic mass is 32.1. The lowest BCUT2D eigenvalue weighted by Gasteiger charge is -2.13. The molecule has 9 heteroatoms. The van der Waals surface area contributed by atoms with Crippen LogP contribution in [-0.2, 0) is 13.1 Å². The molecule has 126 valence electrons. The van der Waals surface area contributed by atoms with Crippen LogP contribution in [0.5, 0.6) is 5.88 Å². The first-order chi connectivity index (χ1) is 11.4. The second kappa shape index (κ2) is 7.18. The quantitative estimate of drug-likeness (QED) is 0.387. The van der Waals surface area contributed by atoms with Gasteiger partial charge in [-0.05, 0) is 32.1 Å². The molecule has 0 fully saturated rings. The molecule has 0 saturated heterocycles. The van der Waals surface area contributed by atoms with Crippen molar-refractivity contribution < 1.29 is 10.0 Å². The molecule has 0 unspecified atom stereocenters. The molecule has 0 aliphatic rings. The average Bonchev–Trinajstić information content (AvgIpc) is 2.55. The van der Waals surface area contributed by atoms with E-state index in [9.17, 15) is 20.0 Å². The second-order valence-electron chi connectivity index (χ2n) is 4.82. The first-order valence-electron chi connectivity index (χ1n) is 7.26. The molecule has 1 heterocycles. The van der Waals surface area contributed by atoms with Gasteiger partial charge in [-0.1, -0.05) is 12.1 Å². The maximum Gasteiger partial charge on any atom is 0.294 e. The Hall–Kier alpha value is -2.81. The van der Waals surface area contributed by atoms with Gasteiger partial charge in [0.15, 0.2) is 4.77 Å². The highest BCUT2D eigenvalue weighted by Gasteiger charge is 2.15. The summed E-state index contributed by atoms with van der Waals surface area (Å²) in [6.45, 7) is 4.25. The molecule has 0 aliphatic carbocycles. The average molecular weight is 348 g/mol. The Kier molecular flexibility index (Phi) is 5.24. The van der Waals surface area contributed by atoms with Crippen LogP contribution in [0.3, 0.4) is 0 Å². The van der Waals surface area contributed by atoms with E-state index in [-0.39, 0.29) is 27.6 Å². The summed E-state index contributed by atoms with van der Waals surface area (Å²) in [4.78, 5) is 26.9. The van der Waals surface area contributed by atoms with Gasteiger partial charge in [-0.2, -0.15) is 0 Å². The third-order valence-corrected chi connectivity index (χ3v) is 3.92. The van der Waals surface area contributed by atoms with Gasteiger partial charge in [-0.25, -0.2) is 4.99 Å². The monoisotopic (exact) mass is 348 g/mol. The van der Waals surface area contributed by atoms with Gasteiger partial charge in [-0.15, -0.1) is 0 Å². The van der Waals surface area contributed by atoms with Gasteiger partial charge < -0.3 is 5.11 Å². The van der Waals surface area contributed by atoms with Crippen LogP contribution in [0.2, 0.25) is 0 Å². The third-order valence-electron chi connectivity index (χ3n) is 3.48. The van der Waals surface area contributed by atoms with Crippen LogP contribution in [0.15, 0.2) is 34.1 Å². The summed E-state index contributed by atoms with van der Waals surface area (Å²) < 4.78 is 2.95. The predicted octanol–water partition coefficient (Wildman–Crippen LogP) is 2.78. The van der Waals surface area contributed by atoms with Crippen LogP contribution in [-0.4, -0.2) is 25.4 Å². The highest BCUT2D eigenvalue weighted by molar-refractivity contribution is 7.71. The fourth-order valence-electron chi connectivity index (χ4n) is 2.25. The molecule has 0 aliphatic heterocycles. The number of para-hydroxylation sites is 2. The molecule has 2 aromatic rings. The number of rotatable bonds is 5. The van der Waals surface area contributed by atoms with E-state index in [4.69, 9.17) is 12.2 Å². The summed E-state index contributed by atoms with van der Waals surface area (Å²) in [6.07, 6.45) is 1.13. The predicted molar refractivity (Wildman–Crippen MR) is 92.9 cm³/mol. The molecule has 0 amide bonds. The molecule has 0 radical (unpaired) electrons. The largest absolute Gasteiger partial charge is 0.494 e. The minimum absolute atomic E-state index is 0.0644. The van der Waals surface area contributed by atoms with E-state index in [0.717, 1.165) is 6.21 Å². The first-order valence-corrected chi connectivity index (χ1v) is 7.67. The number of nitro groups is 1. The number of benzene rings is 1. The smallest absolute Gasteiger partial charge is 0.294 e. The van der Waals surface area contributed by atoms with Crippen molar-refractivity contribution >= 4 is 29.8 Å². The van der Waals surface area contributed by atoms with E-state index in [0.29, 0.717) is 13.1 Å². The van der Waals surface area contributed by atoms with Crippen LogP contribution < -0.4 is 5.56 Å². The fourth-order valence-corrected chi connectivity index (χ4v) is 2.68. The van der Waals surface area contributed by atoms with Crippen molar-refractivity contribution in [2.24, 2.45) is 4.99 Å². The molecule has 8 nitrogen and oxygen atoms in total. The minimum Gasteiger partial charge on any atom is -0.494 e. The van der Waals surface area contributed by atoms with Gasteiger partial charge in [0.2, 0.25) is 5.88 Å². The molecule has 0 spiro atoms. The van der Waals surface area contributed by atoms with Gasteiger partial charge in [0, 0.05) is 25.4 Å². The zero-order valence-electron chi connectivity index (χ0n) is 13.2. The van der Waals surface area contributed by atoms with Crippen molar-refractivity contribution in [2.75, 3.05) is 0 Å². The van der Waals surface area contributed by atoms with Gasteiger partial charge >= 0.3 is 0 Å². The van der Waals surface area contributed by atoms with Crippen molar-refractivity contribution in [3.8, 4) is 5.88 Å². The zero-order valence-corrected chi connectivity index (χ0v) is 14.0. The Morgan fingerprint density at radius 1 is 1.29 bits per heavy atom. The summed E-state index contributed by atoms with van der Waals surface area (Å²) in [6, 6.07) is 5.90. The summed E-state index contributed by atoms with van der Waals surface area (Å²) in [5, 5.41) is 21.3. The van der Waals surface area contributed by atoms with Crippen LogP contribution in [0, 0.1) is 14.9 Å². The Morgan fingerprint density at radius 2 is 1.92 bits per heavy atom. The van der Waals surface area contributed by atoms with Crippen molar-refractivity contribution in [2.45, 2.75) is 26.9 Å². The number of aromatic hydroxyl groups is 1. The fraction of sp³-hybridized carbons (Fsp3) is 0.267. The maximum absolute atomic E-state index is 12.4. The number of hydrogen-bond acceptors (Lipinski definition) is 6. The Bertz CT molecular complexity index is 930. The van der Waals surface area contributed by atoms with E-state index in [1.54, 1.807) is 19.9 Å². The molecule has 1 N–H and O–H groups in total. The van der Waals surface area contributed by atoms with Gasteiger partial charge in [0.25, 0.3) is 11.2 Å². The van der Waals surface area contributed by atoms with E-state index in [2.05, 4.69) is 4.99 Å². The molecule has 1 aromatic carbocycles. The van der Waals surface area contributed by atoms with Gasteiger partial charge in [-0.3, -0.25) is 24.0 Å². The summed E-state index contributed by atoms with van der Waals surface area (Å²) in [5.41, 5.74) is -0.653. The van der Waals surface area contributed by atoms with Crippen molar-refractivity contribution in [3.05, 3.63) is 55.1 Å². The van der Waals surface area contributed by atoms with Gasteiger partial charge in [0.1, 0.15) is 11.3 Å². The number of aromatic nitrogens is 2. The Labute approximate surface area is 142 Å². The summed E-state index contributed by atoms with van der Waals surface area (Å²) in [5.74, 6) is -0.306. The topological polar surface area (TPSA) is 103 Å². The highest BCUT2D eigenvalue weighted by Crippen LogP contribution is 2.26. The Morgan fingerprint density at radius 3 is 2.50 bits per heavy atom. The SMILES string of the molecule is CCn1c(O)c(C=Nc2ccccc2[N+](=O)[O-])c(=O)n(CC)c1=S. The summed E-state index contributed by atoms with van der Waals surface area (Å²) >= 11 is 5.19. The lowest BCUT2D eigenvalue weighted by atomic mass is 10.2. The zero-order chi connectivity index (χ0) is 17.9. The third kappa shape index (κ3) is 3.11. The van der Waals surface area contributed by atoms with Crippen LogP contribution in [0.25, 0.3) is 0 Å². The lowest BCUT2D eigenvalue weighted by molar-refractivity contribution is -0.384. The number of hydrogen-bond donors (Lipinski definition) is 1. The molecular weight excluding hydrogens is 332 g/mol. The van der Waals surface area contributed by atoms with Crippen molar-refractivity contribution in [1.29, 1.82) is 0 Å². The van der Waals surface area contributed by atoms with E-state index < -0.39 is 10.5 Å². The number of aliphatic imine (C=N–C) groups is 1. The Balaban J connectivity index is 2.65.